The van der Waals surface area contributed by atoms with Crippen molar-refractivity contribution < 1.29 is 0 Å². The van der Waals surface area contributed by atoms with Gasteiger partial charge in [0, 0.05) is 31.0 Å². The number of benzene rings is 1. The summed E-state index contributed by atoms with van der Waals surface area (Å²) in [4.78, 5) is 28.1. The van der Waals surface area contributed by atoms with Gasteiger partial charge in [0.05, 0.1) is 5.39 Å². The molecule has 3 heterocycles. The van der Waals surface area contributed by atoms with Gasteiger partial charge >= 0.3 is 0 Å². The molecule has 0 aliphatic rings. The summed E-state index contributed by atoms with van der Waals surface area (Å²) in [5, 5.41) is 4.25. The Hall–Kier alpha value is -3.45. The van der Waals surface area contributed by atoms with Crippen molar-refractivity contribution in [1.82, 2.24) is 24.8 Å². The summed E-state index contributed by atoms with van der Waals surface area (Å²) in [6.45, 7) is 1.47. The van der Waals surface area contributed by atoms with Crippen LogP contribution in [0.4, 0.5) is 5.82 Å². The van der Waals surface area contributed by atoms with Crippen LogP contribution >= 0.6 is 0 Å². The lowest BCUT2D eigenvalue weighted by Crippen LogP contribution is -2.10. The van der Waals surface area contributed by atoms with Crippen LogP contribution in [0.2, 0.25) is 0 Å². The van der Waals surface area contributed by atoms with Gasteiger partial charge in [0.1, 0.15) is 17.8 Å². The van der Waals surface area contributed by atoms with Crippen molar-refractivity contribution in [2.45, 2.75) is 13.1 Å². The number of hydrogen-bond acceptors (Lipinski definition) is 5. The molecule has 0 amide bonds. The van der Waals surface area contributed by atoms with Gasteiger partial charge < -0.3 is 20.2 Å². The van der Waals surface area contributed by atoms with Crippen LogP contribution in [0.1, 0.15) is 11.1 Å². The van der Waals surface area contributed by atoms with Gasteiger partial charge in [0.25, 0.3) is 0 Å². The second-order valence-corrected chi connectivity index (χ2v) is 7.02. The summed E-state index contributed by atoms with van der Waals surface area (Å²) in [5.41, 5.74) is 5.02. The Labute approximate surface area is 162 Å². The third-order valence-electron chi connectivity index (χ3n) is 4.50. The highest BCUT2D eigenvalue weighted by Gasteiger charge is 2.09. The second kappa shape index (κ2) is 7.66. The highest BCUT2D eigenvalue weighted by atomic mass is 16.1. The van der Waals surface area contributed by atoms with Crippen LogP contribution in [0.15, 0.2) is 59.8 Å². The van der Waals surface area contributed by atoms with Crippen molar-refractivity contribution in [3.63, 3.8) is 0 Å². The minimum Gasteiger partial charge on any atom is -0.365 e. The van der Waals surface area contributed by atoms with Crippen molar-refractivity contribution in [1.29, 1.82) is 0 Å². The van der Waals surface area contributed by atoms with Crippen molar-refractivity contribution in [3.05, 3.63) is 76.5 Å². The van der Waals surface area contributed by atoms with Gasteiger partial charge in [-0.15, -0.1) is 0 Å². The molecule has 0 spiro atoms. The molecule has 4 rings (SSSR count). The highest BCUT2D eigenvalue weighted by molar-refractivity contribution is 5.91. The largest absolute Gasteiger partial charge is 0.365 e. The molecule has 0 aliphatic heterocycles. The molecular formula is C21H22N6O. The molecule has 0 aliphatic carbocycles. The fourth-order valence-electron chi connectivity index (χ4n) is 3.13. The highest BCUT2D eigenvalue weighted by Crippen LogP contribution is 2.27. The third kappa shape index (κ3) is 3.94. The fraction of sp³-hybridized carbons (Fsp3) is 0.190. The maximum atomic E-state index is 11.2. The zero-order chi connectivity index (χ0) is 19.5. The Morgan fingerprint density at radius 2 is 1.82 bits per heavy atom. The number of nitrogens with one attached hydrogen (secondary N) is 3. The summed E-state index contributed by atoms with van der Waals surface area (Å²) >= 11 is 0. The molecular weight excluding hydrogens is 352 g/mol. The average Bonchev–Trinajstić information content (AvgIpc) is 3.12. The van der Waals surface area contributed by atoms with Gasteiger partial charge in [-0.3, -0.25) is 4.79 Å². The molecule has 0 atom stereocenters. The summed E-state index contributed by atoms with van der Waals surface area (Å²) in [7, 11) is 4.12. The van der Waals surface area contributed by atoms with E-state index in [0.717, 1.165) is 40.2 Å². The van der Waals surface area contributed by atoms with Crippen molar-refractivity contribution in [2.75, 3.05) is 19.4 Å². The van der Waals surface area contributed by atoms with Crippen molar-refractivity contribution in [3.8, 4) is 11.3 Å². The number of hydrogen-bond donors (Lipinski definition) is 3. The van der Waals surface area contributed by atoms with Gasteiger partial charge in [-0.2, -0.15) is 0 Å². The van der Waals surface area contributed by atoms with Gasteiger partial charge in [0.15, 0.2) is 0 Å². The van der Waals surface area contributed by atoms with E-state index in [1.54, 1.807) is 12.3 Å². The van der Waals surface area contributed by atoms with Crippen molar-refractivity contribution in [2.24, 2.45) is 0 Å². The number of aromatic amines is 2. The van der Waals surface area contributed by atoms with Crippen LogP contribution in [0, 0.1) is 0 Å². The molecule has 3 aromatic heterocycles. The van der Waals surface area contributed by atoms with E-state index in [2.05, 4.69) is 74.6 Å². The Kier molecular flexibility index (Phi) is 4.90. The molecule has 0 saturated heterocycles. The predicted molar refractivity (Wildman–Crippen MR) is 111 cm³/mol. The molecule has 3 N–H and O–H groups in total. The van der Waals surface area contributed by atoms with Crippen molar-refractivity contribution >= 4 is 16.9 Å². The number of nitrogens with zero attached hydrogens (tertiary/aromatic N) is 3. The maximum Gasteiger partial charge on any atom is 0.247 e. The lowest BCUT2D eigenvalue weighted by Gasteiger charge is -2.09. The molecule has 1 aromatic carbocycles. The lowest BCUT2D eigenvalue weighted by atomic mass is 10.1. The average molecular weight is 374 g/mol. The van der Waals surface area contributed by atoms with E-state index >= 15 is 0 Å². The van der Waals surface area contributed by atoms with E-state index in [0.29, 0.717) is 6.54 Å². The fourth-order valence-corrected chi connectivity index (χ4v) is 3.13. The van der Waals surface area contributed by atoms with E-state index in [9.17, 15) is 4.79 Å². The lowest BCUT2D eigenvalue weighted by molar-refractivity contribution is 0.402. The van der Waals surface area contributed by atoms with Gasteiger partial charge in [-0.05, 0) is 36.9 Å². The van der Waals surface area contributed by atoms with Crippen LogP contribution in [0.5, 0.6) is 0 Å². The van der Waals surface area contributed by atoms with E-state index in [1.165, 1.54) is 18.0 Å². The quantitative estimate of drug-likeness (QED) is 0.483. The first-order chi connectivity index (χ1) is 13.6. The zero-order valence-corrected chi connectivity index (χ0v) is 15.9. The van der Waals surface area contributed by atoms with Crippen LogP contribution in [-0.4, -0.2) is 38.9 Å². The van der Waals surface area contributed by atoms with Gasteiger partial charge in [-0.1, -0.05) is 30.3 Å². The zero-order valence-electron chi connectivity index (χ0n) is 15.9. The standard InChI is InChI=1S/C21H22N6O/c1-27(2)12-14-3-6-16(7-4-14)18-9-17-20(24-13-25-21(17)26-18)23-11-15-5-8-19(28)22-10-15/h3-10,13H,11-12H2,1-2H3,(H,22,28)(H2,23,24,25,26). The molecule has 28 heavy (non-hydrogen) atoms. The predicted octanol–water partition coefficient (Wildman–Crippen LogP) is 2.99. The Bertz CT molecular complexity index is 1120. The summed E-state index contributed by atoms with van der Waals surface area (Å²) < 4.78 is 0. The monoisotopic (exact) mass is 374 g/mol. The minimum atomic E-state index is -0.111. The number of fused-ring (bicyclic) bond motifs is 1. The van der Waals surface area contributed by atoms with E-state index < -0.39 is 0 Å². The topological polar surface area (TPSA) is 89.7 Å². The van der Waals surface area contributed by atoms with Crippen LogP contribution in [0.25, 0.3) is 22.3 Å². The maximum absolute atomic E-state index is 11.2. The Morgan fingerprint density at radius 1 is 1.04 bits per heavy atom. The molecule has 4 aromatic rings. The van der Waals surface area contributed by atoms with Crippen LogP contribution in [0.3, 0.4) is 0 Å². The summed E-state index contributed by atoms with van der Waals surface area (Å²) in [6, 6.07) is 13.9. The van der Waals surface area contributed by atoms with E-state index in [-0.39, 0.29) is 5.56 Å². The molecule has 7 heteroatoms. The number of aromatic nitrogens is 4. The van der Waals surface area contributed by atoms with Crippen LogP contribution < -0.4 is 10.9 Å². The van der Waals surface area contributed by atoms with Crippen LogP contribution in [-0.2, 0) is 13.1 Å². The molecule has 142 valence electrons. The smallest absolute Gasteiger partial charge is 0.247 e. The van der Waals surface area contributed by atoms with E-state index in [4.69, 9.17) is 0 Å². The number of rotatable bonds is 6. The van der Waals surface area contributed by atoms with Gasteiger partial charge in [-0.25, -0.2) is 9.97 Å². The van der Waals surface area contributed by atoms with E-state index in [1.807, 2.05) is 0 Å². The Balaban J connectivity index is 1.58. The normalized spacial score (nSPS) is 11.2. The third-order valence-corrected chi connectivity index (χ3v) is 4.50. The summed E-state index contributed by atoms with van der Waals surface area (Å²) in [5.74, 6) is 0.753. The molecule has 0 bridgehead atoms. The minimum absolute atomic E-state index is 0.111. The Morgan fingerprint density at radius 3 is 2.54 bits per heavy atom. The number of anilines is 1. The first-order valence-electron chi connectivity index (χ1n) is 9.08. The molecule has 0 fully saturated rings. The molecule has 7 nitrogen and oxygen atoms in total. The molecule has 0 unspecified atom stereocenters. The number of H-pyrrole nitrogens is 2. The summed E-state index contributed by atoms with van der Waals surface area (Å²) in [6.07, 6.45) is 3.24. The number of pyridine rings is 1. The molecule has 0 radical (unpaired) electrons. The SMILES string of the molecule is CN(C)Cc1ccc(-c2cc3c(NCc4ccc(=O)[nH]c4)ncnc3[nH]2)cc1. The van der Waals surface area contributed by atoms with Gasteiger partial charge in [0.2, 0.25) is 5.56 Å². The second-order valence-electron chi connectivity index (χ2n) is 7.02. The molecule has 0 saturated carbocycles. The first kappa shape index (κ1) is 17.9. The first-order valence-corrected chi connectivity index (χ1v) is 9.08.